The molecule has 0 unspecified atom stereocenters. The molecule has 15 nitrogen and oxygen atoms in total. The lowest BCUT2D eigenvalue weighted by Gasteiger charge is -2.43. The van der Waals surface area contributed by atoms with Crippen LogP contribution < -0.4 is 0 Å². The maximum atomic E-state index is 12.5. The Morgan fingerprint density at radius 2 is 1.00 bits per heavy atom. The molecule has 0 aliphatic rings. The molecule has 152 valence electrons. The van der Waals surface area contributed by atoms with Crippen molar-refractivity contribution in [3.8, 4) is 0 Å². The number of carbonyl (C=O) groups is 3. The molecule has 0 saturated heterocycles. The van der Waals surface area contributed by atoms with Crippen molar-refractivity contribution in [1.82, 2.24) is 0 Å². The van der Waals surface area contributed by atoms with Gasteiger partial charge in [0.05, 0.1) is 13.2 Å². The maximum Gasteiger partial charge on any atom is 0.262 e. The lowest BCUT2D eigenvalue weighted by atomic mass is 9.55. The number of aliphatic hydroxyl groups is 3. The van der Waals surface area contributed by atoms with Gasteiger partial charge in [0.15, 0.2) is 5.41 Å². The molecule has 0 heterocycles. The lowest BCUT2D eigenvalue weighted by molar-refractivity contribution is -0.474. The molecule has 0 aliphatic heterocycles. The van der Waals surface area contributed by atoms with Gasteiger partial charge in [-0.3, -0.25) is 44.7 Å². The summed E-state index contributed by atoms with van der Waals surface area (Å²) in [5.74, 6) is -5.62. The third-order valence-electron chi connectivity index (χ3n) is 4.06. The molecule has 0 aromatic heterocycles. The Morgan fingerprint density at radius 1 is 0.704 bits per heavy atom. The normalized spacial score (nSPS) is 11.7. The van der Waals surface area contributed by atoms with Crippen LogP contribution in [0.2, 0.25) is 0 Å². The standard InChI is InChI=1S/C12H17N3O12/c16-2-1-11(6-17,7-18)12(8(19)3-13(22)23,9(20)4-14(24)25)10(21)5-15(26)27/h16-18H,1-7H2. The second-order valence-electron chi connectivity index (χ2n) is 5.56. The molecule has 27 heavy (non-hydrogen) atoms. The summed E-state index contributed by atoms with van der Waals surface area (Å²) in [6.45, 7) is -8.98. The number of hydrogen-bond donors (Lipinski definition) is 3. The van der Waals surface area contributed by atoms with Crippen LogP contribution in [-0.4, -0.2) is 86.9 Å². The lowest BCUT2D eigenvalue weighted by Crippen LogP contribution is -2.65. The number of Topliss-reactive ketones (excluding diaryl/α,β-unsaturated/α-hetero) is 3. The van der Waals surface area contributed by atoms with Crippen LogP contribution in [0.4, 0.5) is 0 Å². The summed E-state index contributed by atoms with van der Waals surface area (Å²) >= 11 is 0. The Hall–Kier alpha value is -2.91. The topological polar surface area (TPSA) is 241 Å². The number of carbonyl (C=O) groups excluding carboxylic acids is 3. The van der Waals surface area contributed by atoms with Gasteiger partial charge in [0.1, 0.15) is 0 Å². The molecule has 0 spiro atoms. The van der Waals surface area contributed by atoms with E-state index in [1.54, 1.807) is 0 Å². The average Bonchev–Trinajstić information content (AvgIpc) is 2.52. The molecule has 0 aromatic rings. The van der Waals surface area contributed by atoms with Crippen molar-refractivity contribution in [2.24, 2.45) is 10.8 Å². The predicted molar refractivity (Wildman–Crippen MR) is 81.3 cm³/mol. The van der Waals surface area contributed by atoms with Crippen LogP contribution in [0.1, 0.15) is 6.42 Å². The summed E-state index contributed by atoms with van der Waals surface area (Å²) in [7, 11) is 0. The van der Waals surface area contributed by atoms with E-state index in [0.29, 0.717) is 0 Å². The van der Waals surface area contributed by atoms with Gasteiger partial charge >= 0.3 is 0 Å². The summed E-state index contributed by atoms with van der Waals surface area (Å²) in [5.41, 5.74) is -6.10. The molecule has 0 amide bonds. The number of aliphatic hydroxyl groups excluding tert-OH is 3. The molecule has 0 fully saturated rings. The van der Waals surface area contributed by atoms with Gasteiger partial charge in [-0.25, -0.2) is 0 Å². The molecular weight excluding hydrogens is 378 g/mol. The van der Waals surface area contributed by atoms with Crippen LogP contribution in [0.3, 0.4) is 0 Å². The van der Waals surface area contributed by atoms with Crippen molar-refractivity contribution in [2.45, 2.75) is 6.42 Å². The highest BCUT2D eigenvalue weighted by atomic mass is 16.6. The summed E-state index contributed by atoms with van der Waals surface area (Å²) in [5, 5.41) is 60.7. The molecule has 0 aliphatic carbocycles. The zero-order valence-corrected chi connectivity index (χ0v) is 13.8. The molecule has 0 aromatic carbocycles. The third-order valence-corrected chi connectivity index (χ3v) is 4.06. The van der Waals surface area contributed by atoms with Gasteiger partial charge in [0.25, 0.3) is 19.6 Å². The monoisotopic (exact) mass is 395 g/mol. The predicted octanol–water partition coefficient (Wildman–Crippen LogP) is -3.14. The molecular formula is C12H17N3O12. The average molecular weight is 395 g/mol. The van der Waals surface area contributed by atoms with Crippen LogP contribution in [0, 0.1) is 41.2 Å². The summed E-state index contributed by atoms with van der Waals surface area (Å²) in [6.07, 6.45) is -0.879. The fourth-order valence-corrected chi connectivity index (χ4v) is 2.91. The first kappa shape index (κ1) is 24.1. The van der Waals surface area contributed by atoms with Crippen molar-refractivity contribution in [1.29, 1.82) is 0 Å². The number of nitro groups is 3. The first-order valence-electron chi connectivity index (χ1n) is 7.23. The quantitative estimate of drug-likeness (QED) is 0.150. The van der Waals surface area contributed by atoms with Gasteiger partial charge in [0.2, 0.25) is 17.3 Å². The van der Waals surface area contributed by atoms with Crippen molar-refractivity contribution in [3.63, 3.8) is 0 Å². The number of rotatable bonds is 14. The number of nitrogens with zero attached hydrogens (tertiary/aromatic N) is 3. The van der Waals surface area contributed by atoms with E-state index in [1.807, 2.05) is 0 Å². The zero-order chi connectivity index (χ0) is 21.4. The molecule has 3 N–H and O–H groups in total. The molecule has 0 radical (unpaired) electrons. The minimum Gasteiger partial charge on any atom is -0.396 e. The number of hydrogen-bond acceptors (Lipinski definition) is 12. The molecule has 15 heteroatoms. The van der Waals surface area contributed by atoms with Gasteiger partial charge in [-0.2, -0.15) is 0 Å². The van der Waals surface area contributed by atoms with Gasteiger partial charge in [-0.15, -0.1) is 0 Å². The van der Waals surface area contributed by atoms with E-state index in [0.717, 1.165) is 0 Å². The van der Waals surface area contributed by atoms with Crippen LogP contribution in [0.5, 0.6) is 0 Å². The summed E-state index contributed by atoms with van der Waals surface area (Å²) < 4.78 is 0. The van der Waals surface area contributed by atoms with Gasteiger partial charge in [-0.05, 0) is 6.42 Å². The van der Waals surface area contributed by atoms with Crippen molar-refractivity contribution in [2.75, 3.05) is 39.5 Å². The molecule has 0 bridgehead atoms. The van der Waals surface area contributed by atoms with Crippen molar-refractivity contribution in [3.05, 3.63) is 30.3 Å². The Morgan fingerprint density at radius 3 is 1.19 bits per heavy atom. The van der Waals surface area contributed by atoms with Gasteiger partial charge in [-0.1, -0.05) is 0 Å². The SMILES string of the molecule is O=C(C[N+](=O)[O-])C(C(=O)C[N+](=O)[O-])(C(=O)C[N+](=O)[O-])C(CO)(CO)CCO. The van der Waals surface area contributed by atoms with E-state index >= 15 is 0 Å². The van der Waals surface area contributed by atoms with Crippen LogP contribution in [-0.2, 0) is 14.4 Å². The highest BCUT2D eigenvalue weighted by Crippen LogP contribution is 2.45. The molecule has 0 atom stereocenters. The Labute approximate surface area is 150 Å². The highest BCUT2D eigenvalue weighted by Gasteiger charge is 2.67. The fraction of sp³-hybridized carbons (Fsp3) is 0.750. The van der Waals surface area contributed by atoms with E-state index in [2.05, 4.69) is 0 Å². The maximum absolute atomic E-state index is 12.5. The first-order chi connectivity index (χ1) is 12.4. The summed E-state index contributed by atoms with van der Waals surface area (Å²) in [6, 6.07) is 0. The Bertz CT molecular complexity index is 572. The molecule has 0 saturated carbocycles. The van der Waals surface area contributed by atoms with Crippen LogP contribution in [0.15, 0.2) is 0 Å². The van der Waals surface area contributed by atoms with Gasteiger partial charge in [0, 0.05) is 26.8 Å². The van der Waals surface area contributed by atoms with E-state index in [-0.39, 0.29) is 0 Å². The second kappa shape index (κ2) is 9.70. The minimum atomic E-state index is -3.47. The van der Waals surface area contributed by atoms with E-state index in [9.17, 15) is 54.9 Å². The van der Waals surface area contributed by atoms with Crippen molar-refractivity contribution >= 4 is 17.3 Å². The fourth-order valence-electron chi connectivity index (χ4n) is 2.91. The third kappa shape index (κ3) is 4.83. The van der Waals surface area contributed by atoms with E-state index in [1.165, 1.54) is 0 Å². The largest absolute Gasteiger partial charge is 0.396 e. The molecule has 0 rings (SSSR count). The second-order valence-corrected chi connectivity index (χ2v) is 5.56. The highest BCUT2D eigenvalue weighted by molar-refractivity contribution is 6.26. The minimum absolute atomic E-state index is 0.879. The van der Waals surface area contributed by atoms with Crippen molar-refractivity contribution < 1.29 is 44.5 Å². The zero-order valence-electron chi connectivity index (χ0n) is 13.8. The number of ketones is 3. The van der Waals surface area contributed by atoms with Gasteiger partial charge < -0.3 is 15.3 Å². The van der Waals surface area contributed by atoms with E-state index < -0.39 is 88.8 Å². The van der Waals surface area contributed by atoms with E-state index in [4.69, 9.17) is 5.11 Å². The smallest absolute Gasteiger partial charge is 0.262 e. The van der Waals surface area contributed by atoms with Crippen LogP contribution in [0.25, 0.3) is 0 Å². The summed E-state index contributed by atoms with van der Waals surface area (Å²) in [4.78, 5) is 65.9. The van der Waals surface area contributed by atoms with Crippen LogP contribution >= 0.6 is 0 Å². The Balaban J connectivity index is 6.97. The Kier molecular flexibility index (Phi) is 8.65. The first-order valence-corrected chi connectivity index (χ1v) is 7.23.